The average molecular weight is 509 g/mol. The van der Waals surface area contributed by atoms with E-state index in [1.165, 1.54) is 54.2 Å². The maximum atomic E-state index is 13.9. The van der Waals surface area contributed by atoms with Crippen LogP contribution < -0.4 is 10.3 Å². The SMILES string of the molecule is Cc1cc(-c2cc3c(c(NS(C)(=O)=O)n2)c(C(F)(F)F)nn3Cc2ccc(F)cc2)cn(C)c1=O. The van der Waals surface area contributed by atoms with Gasteiger partial charge in [0.05, 0.1) is 29.4 Å². The van der Waals surface area contributed by atoms with Crippen molar-refractivity contribution >= 4 is 26.7 Å². The van der Waals surface area contributed by atoms with Gasteiger partial charge in [-0.25, -0.2) is 17.8 Å². The minimum absolute atomic E-state index is 0.0516. The smallest absolute Gasteiger partial charge is 0.318 e. The fraction of sp³-hybridized carbons (Fsp3) is 0.227. The van der Waals surface area contributed by atoms with Crippen LogP contribution in [0, 0.1) is 12.7 Å². The summed E-state index contributed by atoms with van der Waals surface area (Å²) in [4.78, 5) is 16.3. The van der Waals surface area contributed by atoms with Crippen molar-refractivity contribution in [2.45, 2.75) is 19.6 Å². The van der Waals surface area contributed by atoms with E-state index < -0.39 is 38.9 Å². The monoisotopic (exact) mass is 509 g/mol. The van der Waals surface area contributed by atoms with Crippen molar-refractivity contribution in [2.24, 2.45) is 7.05 Å². The molecule has 4 aromatic rings. The van der Waals surface area contributed by atoms with E-state index in [-0.39, 0.29) is 23.3 Å². The van der Waals surface area contributed by atoms with Gasteiger partial charge in [0, 0.05) is 24.4 Å². The molecule has 0 fully saturated rings. The number of pyridine rings is 2. The third-order valence-corrected chi connectivity index (χ3v) is 5.75. The van der Waals surface area contributed by atoms with E-state index in [1.807, 2.05) is 0 Å². The zero-order chi connectivity index (χ0) is 25.7. The van der Waals surface area contributed by atoms with Gasteiger partial charge in [-0.05, 0) is 36.8 Å². The fourth-order valence-corrected chi connectivity index (χ4v) is 4.19. The highest BCUT2D eigenvalue weighted by Gasteiger charge is 2.39. The number of aryl methyl sites for hydroxylation is 2. The Morgan fingerprint density at radius 3 is 2.34 bits per heavy atom. The van der Waals surface area contributed by atoms with E-state index in [0.29, 0.717) is 16.7 Å². The van der Waals surface area contributed by atoms with Crippen molar-refractivity contribution in [1.82, 2.24) is 19.3 Å². The largest absolute Gasteiger partial charge is 0.435 e. The summed E-state index contributed by atoms with van der Waals surface area (Å²) in [5, 5.41) is 3.19. The Labute approximate surface area is 196 Å². The lowest BCUT2D eigenvalue weighted by molar-refractivity contribution is -0.140. The van der Waals surface area contributed by atoms with Crippen molar-refractivity contribution < 1.29 is 26.0 Å². The van der Waals surface area contributed by atoms with Crippen LogP contribution >= 0.6 is 0 Å². The Balaban J connectivity index is 2.04. The number of fused-ring (bicyclic) bond motifs is 1. The van der Waals surface area contributed by atoms with Crippen molar-refractivity contribution in [3.63, 3.8) is 0 Å². The molecule has 4 rings (SSSR count). The van der Waals surface area contributed by atoms with Gasteiger partial charge in [0.1, 0.15) is 5.82 Å². The summed E-state index contributed by atoms with van der Waals surface area (Å²) in [6.07, 6.45) is -2.69. The Kier molecular flexibility index (Phi) is 5.91. The molecule has 0 amide bonds. The minimum atomic E-state index is -4.92. The molecule has 184 valence electrons. The Hall–Kier alpha value is -3.74. The van der Waals surface area contributed by atoms with Crippen LogP contribution in [-0.2, 0) is 29.8 Å². The highest BCUT2D eigenvalue weighted by Crippen LogP contribution is 2.39. The number of halogens is 4. The Morgan fingerprint density at radius 2 is 1.77 bits per heavy atom. The first kappa shape index (κ1) is 24.4. The van der Waals surface area contributed by atoms with Gasteiger partial charge in [0.2, 0.25) is 10.0 Å². The fourth-order valence-electron chi connectivity index (χ4n) is 3.69. The molecule has 1 aromatic carbocycles. The molecule has 0 aliphatic heterocycles. The third-order valence-electron chi connectivity index (χ3n) is 5.19. The number of nitrogens with one attached hydrogen (secondary N) is 1. The summed E-state index contributed by atoms with van der Waals surface area (Å²) in [7, 11) is -2.51. The molecule has 0 saturated carbocycles. The van der Waals surface area contributed by atoms with Crippen molar-refractivity contribution in [3.05, 3.63) is 75.6 Å². The van der Waals surface area contributed by atoms with Crippen molar-refractivity contribution in [1.29, 1.82) is 0 Å². The molecule has 1 N–H and O–H groups in total. The molecule has 0 aliphatic rings. The van der Waals surface area contributed by atoms with E-state index in [4.69, 9.17) is 0 Å². The maximum absolute atomic E-state index is 13.9. The van der Waals surface area contributed by atoms with Crippen LogP contribution in [-0.4, -0.2) is 34.0 Å². The molecular formula is C22H19F4N5O3S. The molecule has 0 bridgehead atoms. The number of sulfonamides is 1. The number of rotatable bonds is 5. The first-order valence-corrected chi connectivity index (χ1v) is 12.0. The van der Waals surface area contributed by atoms with Crippen LogP contribution in [0.1, 0.15) is 16.8 Å². The van der Waals surface area contributed by atoms with Crippen LogP contribution in [0.2, 0.25) is 0 Å². The molecule has 0 atom stereocenters. The van der Waals surface area contributed by atoms with E-state index >= 15 is 0 Å². The second-order valence-corrected chi connectivity index (χ2v) is 9.83. The summed E-state index contributed by atoms with van der Waals surface area (Å²) >= 11 is 0. The summed E-state index contributed by atoms with van der Waals surface area (Å²) in [6, 6.07) is 8.00. The predicted octanol–water partition coefficient (Wildman–Crippen LogP) is 3.68. The number of nitrogens with zero attached hydrogens (tertiary/aromatic N) is 4. The molecule has 35 heavy (non-hydrogen) atoms. The van der Waals surface area contributed by atoms with Gasteiger partial charge in [-0.1, -0.05) is 12.1 Å². The topological polar surface area (TPSA) is 98.9 Å². The molecule has 0 aliphatic carbocycles. The summed E-state index contributed by atoms with van der Waals surface area (Å²) < 4.78 is 83.5. The number of hydrogen-bond acceptors (Lipinski definition) is 5. The predicted molar refractivity (Wildman–Crippen MR) is 122 cm³/mol. The van der Waals surface area contributed by atoms with Gasteiger partial charge in [-0.2, -0.15) is 18.3 Å². The quantitative estimate of drug-likeness (QED) is 0.414. The minimum Gasteiger partial charge on any atom is -0.318 e. The molecule has 0 spiro atoms. The van der Waals surface area contributed by atoms with Crippen LogP contribution in [0.4, 0.5) is 23.4 Å². The zero-order valence-electron chi connectivity index (χ0n) is 18.7. The molecule has 0 radical (unpaired) electrons. The number of aromatic nitrogens is 4. The van der Waals surface area contributed by atoms with Gasteiger partial charge < -0.3 is 4.57 Å². The summed E-state index contributed by atoms with van der Waals surface area (Å²) in [6.45, 7) is 1.42. The molecule has 13 heteroatoms. The maximum Gasteiger partial charge on any atom is 0.435 e. The first-order valence-electron chi connectivity index (χ1n) is 10.1. The average Bonchev–Trinajstić information content (AvgIpc) is 3.11. The number of hydrogen-bond donors (Lipinski definition) is 1. The highest BCUT2D eigenvalue weighted by atomic mass is 32.2. The number of alkyl halides is 3. The molecular weight excluding hydrogens is 490 g/mol. The molecule has 0 saturated heterocycles. The van der Waals surface area contributed by atoms with Gasteiger partial charge in [0.25, 0.3) is 5.56 Å². The van der Waals surface area contributed by atoms with E-state index in [9.17, 15) is 30.8 Å². The van der Waals surface area contributed by atoms with Crippen LogP contribution in [0.3, 0.4) is 0 Å². The van der Waals surface area contributed by atoms with Crippen molar-refractivity contribution in [2.75, 3.05) is 11.0 Å². The lowest BCUT2D eigenvalue weighted by Crippen LogP contribution is -2.18. The second kappa shape index (κ2) is 8.48. The Morgan fingerprint density at radius 1 is 1.11 bits per heavy atom. The first-order chi connectivity index (χ1) is 16.2. The zero-order valence-corrected chi connectivity index (χ0v) is 19.5. The lowest BCUT2D eigenvalue weighted by Gasteiger charge is -2.12. The third kappa shape index (κ3) is 5.04. The van der Waals surface area contributed by atoms with E-state index in [2.05, 4.69) is 14.8 Å². The summed E-state index contributed by atoms with van der Waals surface area (Å²) in [5.74, 6) is -1.06. The van der Waals surface area contributed by atoms with Gasteiger partial charge >= 0.3 is 6.18 Å². The van der Waals surface area contributed by atoms with Crippen LogP contribution in [0.5, 0.6) is 0 Å². The van der Waals surface area contributed by atoms with E-state index in [1.54, 1.807) is 6.92 Å². The highest BCUT2D eigenvalue weighted by molar-refractivity contribution is 7.92. The molecule has 3 aromatic heterocycles. The number of anilines is 1. The van der Waals surface area contributed by atoms with Gasteiger partial charge in [-0.3, -0.25) is 14.2 Å². The van der Waals surface area contributed by atoms with Crippen molar-refractivity contribution in [3.8, 4) is 11.3 Å². The second-order valence-electron chi connectivity index (χ2n) is 8.08. The normalized spacial score (nSPS) is 12.3. The lowest BCUT2D eigenvalue weighted by atomic mass is 10.1. The van der Waals surface area contributed by atoms with E-state index in [0.717, 1.165) is 10.9 Å². The van der Waals surface area contributed by atoms with Crippen LogP contribution in [0.15, 0.2) is 47.4 Å². The Bertz CT molecular complexity index is 1580. The summed E-state index contributed by atoms with van der Waals surface area (Å²) in [5.41, 5.74) is -0.313. The number of benzene rings is 1. The molecule has 0 unspecified atom stereocenters. The molecule has 3 heterocycles. The van der Waals surface area contributed by atoms with Crippen LogP contribution in [0.25, 0.3) is 22.2 Å². The van der Waals surface area contributed by atoms with Gasteiger partial charge in [0.15, 0.2) is 11.5 Å². The van der Waals surface area contributed by atoms with Gasteiger partial charge in [-0.15, -0.1) is 0 Å². The molecule has 8 nitrogen and oxygen atoms in total. The standard InChI is InChI=1S/C22H19F4N5O3S/c1-12-8-14(11-30(2)21(12)32)16-9-17-18(20(27-16)29-35(3,33)34)19(22(24,25)26)28-31(17)10-13-4-6-15(23)7-5-13/h4-9,11H,10H2,1-3H3,(H,27,29).